The molecule has 7 heteroatoms. The van der Waals surface area contributed by atoms with Gasteiger partial charge in [0.1, 0.15) is 5.56 Å². The van der Waals surface area contributed by atoms with Crippen molar-refractivity contribution < 1.29 is 19.5 Å². The van der Waals surface area contributed by atoms with E-state index in [0.717, 1.165) is 0 Å². The van der Waals surface area contributed by atoms with Gasteiger partial charge in [-0.15, -0.1) is 0 Å². The summed E-state index contributed by atoms with van der Waals surface area (Å²) in [6, 6.07) is 1.41. The summed E-state index contributed by atoms with van der Waals surface area (Å²) in [5.41, 5.74) is 0.266. The van der Waals surface area contributed by atoms with Gasteiger partial charge in [-0.3, -0.25) is 19.2 Å². The van der Waals surface area contributed by atoms with E-state index < -0.39 is 23.4 Å². The van der Waals surface area contributed by atoms with Crippen molar-refractivity contribution in [3.63, 3.8) is 0 Å². The van der Waals surface area contributed by atoms with Gasteiger partial charge in [0.05, 0.1) is 5.92 Å². The maximum atomic E-state index is 12.7. The Labute approximate surface area is 145 Å². The summed E-state index contributed by atoms with van der Waals surface area (Å²) >= 11 is 0. The van der Waals surface area contributed by atoms with E-state index in [9.17, 15) is 19.2 Å². The van der Waals surface area contributed by atoms with Crippen LogP contribution < -0.4 is 5.56 Å². The van der Waals surface area contributed by atoms with Crippen molar-refractivity contribution in [2.45, 2.75) is 39.5 Å². The van der Waals surface area contributed by atoms with Gasteiger partial charge in [-0.1, -0.05) is 13.8 Å². The summed E-state index contributed by atoms with van der Waals surface area (Å²) in [6.07, 6.45) is 1.71. The number of nitrogens with zero attached hydrogens (tertiary/aromatic N) is 1. The van der Waals surface area contributed by atoms with Crippen LogP contribution in [-0.2, 0) is 11.2 Å². The second-order valence-electron chi connectivity index (χ2n) is 7.75. The Bertz CT molecular complexity index is 800. The molecule has 0 saturated carbocycles. The third-order valence-electron chi connectivity index (χ3n) is 5.08. The highest BCUT2D eigenvalue weighted by Crippen LogP contribution is 2.33. The molecule has 0 radical (unpaired) electrons. The van der Waals surface area contributed by atoms with E-state index in [1.807, 2.05) is 13.8 Å². The number of piperidine rings is 1. The van der Waals surface area contributed by atoms with Gasteiger partial charge < -0.3 is 15.0 Å². The molecule has 1 saturated heterocycles. The Morgan fingerprint density at radius 2 is 1.84 bits per heavy atom. The van der Waals surface area contributed by atoms with Crippen LogP contribution in [0.3, 0.4) is 0 Å². The van der Waals surface area contributed by atoms with Gasteiger partial charge in [0, 0.05) is 30.8 Å². The first kappa shape index (κ1) is 17.4. The molecular formula is C18H22N2O5. The first-order valence-corrected chi connectivity index (χ1v) is 8.49. The Kier molecular flexibility index (Phi) is 4.26. The molecule has 0 aromatic carbocycles. The maximum absolute atomic E-state index is 12.7. The predicted octanol–water partition coefficient (Wildman–Crippen LogP) is 1.47. The van der Waals surface area contributed by atoms with Gasteiger partial charge in [-0.25, -0.2) is 0 Å². The van der Waals surface area contributed by atoms with Gasteiger partial charge >= 0.3 is 5.97 Å². The van der Waals surface area contributed by atoms with Crippen LogP contribution in [0.1, 0.15) is 59.5 Å². The van der Waals surface area contributed by atoms with Crippen LogP contribution in [-0.4, -0.2) is 45.7 Å². The lowest BCUT2D eigenvalue weighted by Crippen LogP contribution is -2.42. The molecule has 2 aliphatic rings. The Morgan fingerprint density at radius 1 is 1.20 bits per heavy atom. The molecular weight excluding hydrogens is 324 g/mol. The van der Waals surface area contributed by atoms with E-state index in [0.29, 0.717) is 50.0 Å². The largest absolute Gasteiger partial charge is 0.481 e. The molecule has 25 heavy (non-hydrogen) atoms. The molecule has 2 N–H and O–H groups in total. The second-order valence-corrected chi connectivity index (χ2v) is 7.75. The van der Waals surface area contributed by atoms with Gasteiger partial charge in [0.2, 0.25) is 0 Å². The number of fused-ring (bicyclic) bond motifs is 1. The third-order valence-corrected chi connectivity index (χ3v) is 5.08. The molecule has 1 aromatic heterocycles. The van der Waals surface area contributed by atoms with E-state index in [4.69, 9.17) is 5.11 Å². The molecule has 2 heterocycles. The first-order valence-electron chi connectivity index (χ1n) is 8.49. The summed E-state index contributed by atoms with van der Waals surface area (Å²) in [7, 11) is 0. The number of hydrogen-bond donors (Lipinski definition) is 2. The van der Waals surface area contributed by atoms with Gasteiger partial charge in [-0.05, 0) is 30.7 Å². The van der Waals surface area contributed by atoms with Crippen LogP contribution in [0.25, 0.3) is 0 Å². The van der Waals surface area contributed by atoms with Crippen LogP contribution in [0.4, 0.5) is 0 Å². The van der Waals surface area contributed by atoms with E-state index in [2.05, 4.69) is 4.98 Å². The van der Waals surface area contributed by atoms with E-state index >= 15 is 0 Å². The molecule has 1 amide bonds. The topological polar surface area (TPSA) is 108 Å². The highest BCUT2D eigenvalue weighted by atomic mass is 16.4. The summed E-state index contributed by atoms with van der Waals surface area (Å²) < 4.78 is 0. The number of carbonyl (C=O) groups is 3. The molecule has 1 fully saturated rings. The van der Waals surface area contributed by atoms with Crippen molar-refractivity contribution in [1.82, 2.24) is 9.88 Å². The summed E-state index contributed by atoms with van der Waals surface area (Å²) in [5, 5.41) is 9.03. The number of likely N-dealkylation sites (tertiary alicyclic amines) is 1. The number of aromatic nitrogens is 1. The Hall–Kier alpha value is -2.44. The van der Waals surface area contributed by atoms with E-state index in [1.54, 1.807) is 0 Å². The predicted molar refractivity (Wildman–Crippen MR) is 89.8 cm³/mol. The number of H-pyrrole nitrogens is 1. The van der Waals surface area contributed by atoms with Crippen LogP contribution in [0, 0.1) is 11.3 Å². The summed E-state index contributed by atoms with van der Waals surface area (Å²) in [5.74, 6) is -1.81. The minimum absolute atomic E-state index is 0.0411. The van der Waals surface area contributed by atoms with Crippen LogP contribution in [0.15, 0.2) is 10.9 Å². The lowest BCUT2D eigenvalue weighted by atomic mass is 9.75. The third kappa shape index (κ3) is 3.36. The number of Topliss-reactive ketones (excluding diaryl/α,β-unsaturated/α-hetero) is 1. The molecule has 0 bridgehead atoms. The second kappa shape index (κ2) is 6.13. The number of rotatable bonds is 2. The summed E-state index contributed by atoms with van der Waals surface area (Å²) in [6.45, 7) is 4.54. The smallest absolute Gasteiger partial charge is 0.306 e. The highest BCUT2D eigenvalue weighted by molar-refractivity contribution is 6.02. The lowest BCUT2D eigenvalue weighted by molar-refractivity contribution is -0.143. The lowest BCUT2D eigenvalue weighted by Gasteiger charge is -2.31. The SMILES string of the molecule is CC1(C)CC(=O)c2cc(C(=O)N3CCC(C(=O)O)CC3)c(=O)[nH]c2C1. The summed E-state index contributed by atoms with van der Waals surface area (Å²) in [4.78, 5) is 52.6. The van der Waals surface area contributed by atoms with Crippen LogP contribution >= 0.6 is 0 Å². The fourth-order valence-electron chi connectivity index (χ4n) is 3.69. The van der Waals surface area contributed by atoms with Crippen molar-refractivity contribution in [3.8, 4) is 0 Å². The van der Waals surface area contributed by atoms with Gasteiger partial charge in [-0.2, -0.15) is 0 Å². The maximum Gasteiger partial charge on any atom is 0.306 e. The zero-order chi connectivity index (χ0) is 18.4. The quantitative estimate of drug-likeness (QED) is 0.843. The zero-order valence-electron chi connectivity index (χ0n) is 14.4. The number of amides is 1. The number of carboxylic acids is 1. The average Bonchev–Trinajstić information content (AvgIpc) is 2.52. The molecule has 0 atom stereocenters. The molecule has 1 aromatic rings. The first-order chi connectivity index (χ1) is 11.7. The van der Waals surface area contributed by atoms with Crippen molar-refractivity contribution in [2.24, 2.45) is 11.3 Å². The molecule has 3 rings (SSSR count). The number of ketones is 1. The van der Waals surface area contributed by atoms with E-state index in [-0.39, 0.29) is 16.8 Å². The van der Waals surface area contributed by atoms with Gasteiger partial charge in [0.25, 0.3) is 11.5 Å². The number of aliphatic carboxylic acids is 1. The van der Waals surface area contributed by atoms with E-state index in [1.165, 1.54) is 11.0 Å². The highest BCUT2D eigenvalue weighted by Gasteiger charge is 2.34. The number of carboxylic acid groups (broad SMARTS) is 1. The Morgan fingerprint density at radius 3 is 2.44 bits per heavy atom. The number of nitrogens with one attached hydrogen (secondary N) is 1. The van der Waals surface area contributed by atoms with Crippen molar-refractivity contribution in [1.29, 1.82) is 0 Å². The number of aromatic amines is 1. The standard InChI is InChI=1S/C18H22N2O5/c1-18(2)8-13-11(14(21)9-18)7-12(15(22)19-13)16(23)20-5-3-10(4-6-20)17(24)25/h7,10H,3-6,8-9H2,1-2H3,(H,19,22)(H,24,25). The molecule has 1 aliphatic carbocycles. The number of pyridine rings is 1. The molecule has 0 spiro atoms. The molecule has 134 valence electrons. The van der Waals surface area contributed by atoms with Crippen molar-refractivity contribution in [2.75, 3.05) is 13.1 Å². The van der Waals surface area contributed by atoms with Crippen molar-refractivity contribution >= 4 is 17.7 Å². The minimum atomic E-state index is -0.855. The van der Waals surface area contributed by atoms with Crippen LogP contribution in [0.2, 0.25) is 0 Å². The monoisotopic (exact) mass is 346 g/mol. The molecule has 0 unspecified atom stereocenters. The molecule has 7 nitrogen and oxygen atoms in total. The molecule has 1 aliphatic heterocycles. The van der Waals surface area contributed by atoms with Crippen LogP contribution in [0.5, 0.6) is 0 Å². The Balaban J connectivity index is 1.85. The van der Waals surface area contributed by atoms with Crippen molar-refractivity contribution in [3.05, 3.63) is 33.2 Å². The fourth-order valence-corrected chi connectivity index (χ4v) is 3.69. The minimum Gasteiger partial charge on any atom is -0.481 e. The average molecular weight is 346 g/mol. The zero-order valence-corrected chi connectivity index (χ0v) is 14.4. The van der Waals surface area contributed by atoms with Gasteiger partial charge in [0.15, 0.2) is 5.78 Å². The number of hydrogen-bond acceptors (Lipinski definition) is 4. The fraction of sp³-hybridized carbons (Fsp3) is 0.556. The normalized spacial score (nSPS) is 20.2. The number of carbonyl (C=O) groups excluding carboxylic acids is 2.